The first-order valence-electron chi connectivity index (χ1n) is 8.99. The minimum absolute atomic E-state index is 0.147. The fraction of sp³-hybridized carbons (Fsp3) is 0.158. The van der Waals surface area contributed by atoms with Crippen molar-refractivity contribution in [3.63, 3.8) is 0 Å². The van der Waals surface area contributed by atoms with Crippen LogP contribution >= 0.6 is 35.1 Å². The van der Waals surface area contributed by atoms with E-state index in [1.807, 2.05) is 6.92 Å². The summed E-state index contributed by atoms with van der Waals surface area (Å²) < 4.78 is 4.15. The molecular formula is C19H17N5O4S3. The average Bonchev–Trinajstić information content (AvgIpc) is 3.20. The van der Waals surface area contributed by atoms with Gasteiger partial charge in [0.25, 0.3) is 11.6 Å². The summed E-state index contributed by atoms with van der Waals surface area (Å²) in [5, 5.41) is 17.4. The van der Waals surface area contributed by atoms with Gasteiger partial charge < -0.3 is 5.32 Å². The second kappa shape index (κ2) is 10.9. The largest absolute Gasteiger partial charge is 0.322 e. The summed E-state index contributed by atoms with van der Waals surface area (Å²) in [5.41, 5.74) is 0.591. The van der Waals surface area contributed by atoms with Crippen LogP contribution in [0, 0.1) is 10.1 Å². The molecule has 2 N–H and O–H groups in total. The molecule has 0 saturated carbocycles. The predicted molar refractivity (Wildman–Crippen MR) is 123 cm³/mol. The Labute approximate surface area is 190 Å². The summed E-state index contributed by atoms with van der Waals surface area (Å²) in [6, 6.07) is 12.5. The van der Waals surface area contributed by atoms with E-state index in [9.17, 15) is 19.7 Å². The van der Waals surface area contributed by atoms with Crippen molar-refractivity contribution in [3.8, 4) is 0 Å². The average molecular weight is 476 g/mol. The van der Waals surface area contributed by atoms with E-state index in [4.69, 9.17) is 0 Å². The summed E-state index contributed by atoms with van der Waals surface area (Å²) in [6.07, 6.45) is 0. The van der Waals surface area contributed by atoms with Gasteiger partial charge in [0, 0.05) is 39.8 Å². The van der Waals surface area contributed by atoms with Crippen molar-refractivity contribution in [2.45, 2.75) is 17.0 Å². The highest BCUT2D eigenvalue weighted by Gasteiger charge is 2.12. The lowest BCUT2D eigenvalue weighted by Crippen LogP contribution is -2.13. The second-order valence-electron chi connectivity index (χ2n) is 5.94. The SMILES string of the molecule is CCSc1nsc(NC(=O)CSc2ccc(NC(=O)c3cccc([N+](=O)[O-])c3)cc2)n1. The molecule has 3 aromatic rings. The van der Waals surface area contributed by atoms with Crippen molar-refractivity contribution in [2.75, 3.05) is 22.1 Å². The molecule has 0 aliphatic carbocycles. The first-order valence-corrected chi connectivity index (χ1v) is 11.7. The third-order valence-corrected chi connectivity index (χ3v) is 6.22. The molecule has 0 fully saturated rings. The molecule has 0 radical (unpaired) electrons. The molecule has 0 saturated heterocycles. The molecule has 9 nitrogen and oxygen atoms in total. The van der Waals surface area contributed by atoms with Crippen LogP contribution in [0.2, 0.25) is 0 Å². The van der Waals surface area contributed by atoms with Gasteiger partial charge in [0.15, 0.2) is 0 Å². The minimum atomic E-state index is -0.549. The van der Waals surface area contributed by atoms with Gasteiger partial charge in [0.05, 0.1) is 10.7 Å². The molecule has 1 aromatic heterocycles. The molecule has 12 heteroatoms. The molecule has 2 amide bonds. The van der Waals surface area contributed by atoms with Crippen LogP contribution < -0.4 is 10.6 Å². The van der Waals surface area contributed by atoms with Crippen LogP contribution in [0.5, 0.6) is 0 Å². The number of nitrogens with zero attached hydrogens (tertiary/aromatic N) is 3. The lowest BCUT2D eigenvalue weighted by Gasteiger charge is -2.07. The van der Waals surface area contributed by atoms with Crippen LogP contribution in [0.4, 0.5) is 16.5 Å². The smallest absolute Gasteiger partial charge is 0.270 e. The number of rotatable bonds is 9. The molecule has 31 heavy (non-hydrogen) atoms. The Morgan fingerprint density at radius 2 is 1.90 bits per heavy atom. The summed E-state index contributed by atoms with van der Waals surface area (Å²) in [5.74, 6) is 0.440. The Bertz CT molecular complexity index is 1090. The van der Waals surface area contributed by atoms with E-state index in [0.29, 0.717) is 16.0 Å². The van der Waals surface area contributed by atoms with Crippen LogP contribution in [0.15, 0.2) is 58.6 Å². The first-order chi connectivity index (χ1) is 14.9. The van der Waals surface area contributed by atoms with Crippen molar-refractivity contribution in [1.82, 2.24) is 9.36 Å². The molecule has 0 aliphatic rings. The van der Waals surface area contributed by atoms with Crippen molar-refractivity contribution in [2.24, 2.45) is 0 Å². The highest BCUT2D eigenvalue weighted by Crippen LogP contribution is 2.23. The number of aromatic nitrogens is 2. The van der Waals surface area contributed by atoms with Gasteiger partial charge in [0.2, 0.25) is 16.2 Å². The van der Waals surface area contributed by atoms with Crippen LogP contribution in [0.1, 0.15) is 17.3 Å². The van der Waals surface area contributed by atoms with E-state index in [2.05, 4.69) is 20.0 Å². The summed E-state index contributed by atoms with van der Waals surface area (Å²) in [4.78, 5) is 39.8. The Morgan fingerprint density at radius 3 is 2.61 bits per heavy atom. The zero-order chi connectivity index (χ0) is 22.2. The molecule has 1 heterocycles. The molecule has 0 spiro atoms. The number of benzene rings is 2. The summed E-state index contributed by atoms with van der Waals surface area (Å²) in [6.45, 7) is 2.00. The number of non-ortho nitro benzene ring substituents is 1. The maximum Gasteiger partial charge on any atom is 0.270 e. The normalized spacial score (nSPS) is 10.5. The number of nitrogens with one attached hydrogen (secondary N) is 2. The van der Waals surface area contributed by atoms with Gasteiger partial charge in [-0.15, -0.1) is 11.8 Å². The second-order valence-corrected chi connectivity index (χ2v) is 8.97. The maximum absolute atomic E-state index is 12.3. The number of anilines is 2. The van der Waals surface area contributed by atoms with Gasteiger partial charge in [-0.2, -0.15) is 9.36 Å². The number of thioether (sulfide) groups is 2. The van der Waals surface area contributed by atoms with Crippen LogP contribution in [-0.2, 0) is 4.79 Å². The zero-order valence-electron chi connectivity index (χ0n) is 16.2. The van der Waals surface area contributed by atoms with Crippen molar-refractivity contribution < 1.29 is 14.5 Å². The van der Waals surface area contributed by atoms with Crippen LogP contribution in [-0.4, -0.2) is 37.6 Å². The van der Waals surface area contributed by atoms with E-state index in [1.165, 1.54) is 47.8 Å². The lowest BCUT2D eigenvalue weighted by molar-refractivity contribution is -0.384. The van der Waals surface area contributed by atoms with Crippen molar-refractivity contribution in [1.29, 1.82) is 0 Å². The quantitative estimate of drug-likeness (QED) is 0.262. The minimum Gasteiger partial charge on any atom is -0.322 e. The molecule has 0 bridgehead atoms. The van der Waals surface area contributed by atoms with Gasteiger partial charge in [-0.25, -0.2) is 0 Å². The maximum atomic E-state index is 12.3. The third kappa shape index (κ3) is 6.77. The molecule has 0 atom stereocenters. The summed E-state index contributed by atoms with van der Waals surface area (Å²) >= 11 is 4.00. The van der Waals surface area contributed by atoms with Gasteiger partial charge in [-0.05, 0) is 36.1 Å². The molecule has 3 rings (SSSR count). The number of amides is 2. The lowest BCUT2D eigenvalue weighted by atomic mass is 10.2. The number of carbonyl (C=O) groups excluding carboxylic acids is 2. The highest BCUT2D eigenvalue weighted by atomic mass is 32.2. The number of hydrogen-bond acceptors (Lipinski definition) is 9. The highest BCUT2D eigenvalue weighted by molar-refractivity contribution is 8.00. The topological polar surface area (TPSA) is 127 Å². The fourth-order valence-electron chi connectivity index (χ4n) is 2.35. The van der Waals surface area contributed by atoms with Crippen molar-refractivity contribution in [3.05, 3.63) is 64.2 Å². The predicted octanol–water partition coefficient (Wildman–Crippen LogP) is 4.54. The first kappa shape index (κ1) is 22.7. The van der Waals surface area contributed by atoms with Gasteiger partial charge in [0.1, 0.15) is 0 Å². The Balaban J connectivity index is 1.50. The van der Waals surface area contributed by atoms with E-state index in [1.54, 1.807) is 24.3 Å². The number of carbonyl (C=O) groups is 2. The number of hydrogen-bond donors (Lipinski definition) is 2. The van der Waals surface area contributed by atoms with Crippen molar-refractivity contribution >= 4 is 63.4 Å². The fourth-order valence-corrected chi connectivity index (χ4v) is 4.34. The van der Waals surface area contributed by atoms with Gasteiger partial charge in [-0.1, -0.05) is 24.8 Å². The third-order valence-electron chi connectivity index (χ3n) is 3.73. The number of nitro groups is 1. The molecule has 2 aromatic carbocycles. The Morgan fingerprint density at radius 1 is 1.13 bits per heavy atom. The molecule has 0 aliphatic heterocycles. The molecule has 0 unspecified atom stereocenters. The van der Waals surface area contributed by atoms with E-state index in [0.717, 1.165) is 22.2 Å². The standard InChI is InChI=1S/C19H17N5O4S3/c1-2-29-19-22-18(31-23-19)21-16(25)11-30-15-8-6-13(7-9-15)20-17(26)12-4-3-5-14(10-12)24(27)28/h3-10H,2,11H2,1H3,(H,20,26)(H,21,22,23,25). The molecular weight excluding hydrogens is 458 g/mol. The van der Waals surface area contributed by atoms with E-state index in [-0.39, 0.29) is 22.9 Å². The van der Waals surface area contributed by atoms with Crippen LogP contribution in [0.3, 0.4) is 0 Å². The Hall–Kier alpha value is -2.96. The number of nitro benzene ring substituents is 1. The monoisotopic (exact) mass is 475 g/mol. The van der Waals surface area contributed by atoms with E-state index >= 15 is 0 Å². The van der Waals surface area contributed by atoms with Gasteiger partial charge >= 0.3 is 0 Å². The summed E-state index contributed by atoms with van der Waals surface area (Å²) in [7, 11) is 0. The zero-order valence-corrected chi connectivity index (χ0v) is 18.7. The van der Waals surface area contributed by atoms with Crippen LogP contribution in [0.25, 0.3) is 0 Å². The van der Waals surface area contributed by atoms with Gasteiger partial charge in [-0.3, -0.25) is 25.0 Å². The molecule has 160 valence electrons. The van der Waals surface area contributed by atoms with E-state index < -0.39 is 10.8 Å². The Kier molecular flexibility index (Phi) is 7.98.